The maximum absolute atomic E-state index is 12.5. The maximum atomic E-state index is 12.5. The molecule has 142 valence electrons. The molecule has 2 aliphatic heterocycles. The highest BCUT2D eigenvalue weighted by atomic mass is 35.5. The summed E-state index contributed by atoms with van der Waals surface area (Å²) in [5.41, 5.74) is 0.723. The van der Waals surface area contributed by atoms with E-state index in [9.17, 15) is 4.79 Å². The molecule has 0 radical (unpaired) electrons. The summed E-state index contributed by atoms with van der Waals surface area (Å²) in [5, 5.41) is 3.55. The molecule has 1 aromatic rings. The fourth-order valence-corrected chi connectivity index (χ4v) is 3.49. The zero-order chi connectivity index (χ0) is 17.9. The van der Waals surface area contributed by atoms with Gasteiger partial charge in [0.1, 0.15) is 13.2 Å². The van der Waals surface area contributed by atoms with Crippen molar-refractivity contribution in [2.24, 2.45) is 5.92 Å². The summed E-state index contributed by atoms with van der Waals surface area (Å²) in [5.74, 6) is 1.86. The Morgan fingerprint density at radius 3 is 2.69 bits per heavy atom. The Hall–Kier alpha value is -1.50. The lowest BCUT2D eigenvalue weighted by atomic mass is 10.1. The number of halogens is 1. The van der Waals surface area contributed by atoms with E-state index in [1.807, 2.05) is 0 Å². The number of rotatable bonds is 6. The molecule has 6 nitrogen and oxygen atoms in total. The van der Waals surface area contributed by atoms with Crippen LogP contribution in [0.4, 0.5) is 0 Å². The summed E-state index contributed by atoms with van der Waals surface area (Å²) in [6.45, 7) is 2.95. The number of ether oxygens (including phenoxy) is 4. The molecular formula is C19H24ClNO5. The molecule has 4 rings (SSSR count). The minimum atomic E-state index is -0.119. The fourth-order valence-electron chi connectivity index (χ4n) is 3.27. The van der Waals surface area contributed by atoms with E-state index in [2.05, 4.69) is 5.32 Å². The molecule has 3 aliphatic rings. The molecule has 1 N–H and O–H groups in total. The van der Waals surface area contributed by atoms with Crippen LogP contribution in [0.15, 0.2) is 12.1 Å². The van der Waals surface area contributed by atoms with E-state index < -0.39 is 0 Å². The van der Waals surface area contributed by atoms with Gasteiger partial charge in [-0.05, 0) is 36.8 Å². The first kappa shape index (κ1) is 17.9. The molecule has 2 heterocycles. The topological polar surface area (TPSA) is 66.0 Å². The summed E-state index contributed by atoms with van der Waals surface area (Å²) in [6.07, 6.45) is 3.51. The zero-order valence-corrected chi connectivity index (χ0v) is 15.4. The minimum absolute atomic E-state index is 0.0176. The van der Waals surface area contributed by atoms with Gasteiger partial charge in [-0.2, -0.15) is 0 Å². The quantitative estimate of drug-likeness (QED) is 0.819. The molecule has 1 amide bonds. The Morgan fingerprint density at radius 2 is 1.92 bits per heavy atom. The number of benzene rings is 1. The summed E-state index contributed by atoms with van der Waals surface area (Å²) >= 11 is 6.30. The van der Waals surface area contributed by atoms with Crippen LogP contribution in [0.5, 0.6) is 11.5 Å². The SMILES string of the molecule is O=C(Cc1cc2c(cc1Cl)OCCO2)N[C@@H]1COCC[C@@H]1OCC1CC1. The number of carbonyl (C=O) groups excluding carboxylic acids is 1. The van der Waals surface area contributed by atoms with Gasteiger partial charge in [-0.25, -0.2) is 0 Å². The van der Waals surface area contributed by atoms with Crippen LogP contribution in [0, 0.1) is 5.92 Å². The van der Waals surface area contributed by atoms with Crippen LogP contribution in [-0.2, 0) is 20.7 Å². The first-order valence-electron chi connectivity index (χ1n) is 9.26. The number of fused-ring (bicyclic) bond motifs is 1. The van der Waals surface area contributed by atoms with Crippen molar-refractivity contribution in [3.63, 3.8) is 0 Å². The summed E-state index contributed by atoms with van der Waals surface area (Å²) < 4.78 is 22.6. The van der Waals surface area contributed by atoms with Gasteiger partial charge in [0.2, 0.25) is 5.91 Å². The van der Waals surface area contributed by atoms with E-state index >= 15 is 0 Å². The Labute approximate surface area is 158 Å². The zero-order valence-electron chi connectivity index (χ0n) is 14.7. The van der Waals surface area contributed by atoms with Gasteiger partial charge in [-0.3, -0.25) is 4.79 Å². The van der Waals surface area contributed by atoms with E-state index in [0.29, 0.717) is 48.9 Å². The van der Waals surface area contributed by atoms with E-state index in [1.54, 1.807) is 12.1 Å². The normalized spacial score (nSPS) is 25.0. The van der Waals surface area contributed by atoms with E-state index in [-0.39, 0.29) is 24.5 Å². The van der Waals surface area contributed by atoms with Gasteiger partial charge in [-0.15, -0.1) is 0 Å². The highest BCUT2D eigenvalue weighted by Gasteiger charge is 2.31. The third kappa shape index (κ3) is 4.42. The first-order valence-corrected chi connectivity index (χ1v) is 9.63. The van der Waals surface area contributed by atoms with Crippen molar-refractivity contribution in [3.8, 4) is 11.5 Å². The Balaban J connectivity index is 1.36. The van der Waals surface area contributed by atoms with Crippen molar-refractivity contribution in [2.45, 2.75) is 37.8 Å². The molecule has 0 unspecified atom stereocenters. The molecule has 26 heavy (non-hydrogen) atoms. The third-order valence-corrected chi connectivity index (χ3v) is 5.30. The monoisotopic (exact) mass is 381 g/mol. The average molecular weight is 382 g/mol. The predicted molar refractivity (Wildman–Crippen MR) is 96.0 cm³/mol. The van der Waals surface area contributed by atoms with Crippen molar-refractivity contribution in [1.29, 1.82) is 0 Å². The average Bonchev–Trinajstić information content (AvgIpc) is 3.46. The second-order valence-corrected chi connectivity index (χ2v) is 7.52. The van der Waals surface area contributed by atoms with E-state index in [4.69, 9.17) is 30.5 Å². The van der Waals surface area contributed by atoms with Crippen molar-refractivity contribution >= 4 is 17.5 Å². The predicted octanol–water partition coefficient (Wildman–Crippen LogP) is 2.35. The van der Waals surface area contributed by atoms with E-state index in [1.165, 1.54) is 12.8 Å². The van der Waals surface area contributed by atoms with Gasteiger partial charge < -0.3 is 24.3 Å². The first-order chi connectivity index (χ1) is 12.7. The van der Waals surface area contributed by atoms with Crippen molar-refractivity contribution in [2.75, 3.05) is 33.0 Å². The lowest BCUT2D eigenvalue weighted by Crippen LogP contribution is -2.51. The van der Waals surface area contributed by atoms with Gasteiger partial charge >= 0.3 is 0 Å². The van der Waals surface area contributed by atoms with Crippen LogP contribution >= 0.6 is 11.6 Å². The van der Waals surface area contributed by atoms with Gasteiger partial charge in [-0.1, -0.05) is 11.6 Å². The minimum Gasteiger partial charge on any atom is -0.486 e. The van der Waals surface area contributed by atoms with Crippen molar-refractivity contribution in [3.05, 3.63) is 22.7 Å². The highest BCUT2D eigenvalue weighted by Crippen LogP contribution is 2.35. The van der Waals surface area contributed by atoms with Gasteiger partial charge in [0.05, 0.1) is 25.2 Å². The Morgan fingerprint density at radius 1 is 1.15 bits per heavy atom. The van der Waals surface area contributed by atoms with Crippen LogP contribution in [-0.4, -0.2) is 51.1 Å². The van der Waals surface area contributed by atoms with Gasteiger partial charge in [0.15, 0.2) is 11.5 Å². The molecule has 2 atom stereocenters. The lowest BCUT2D eigenvalue weighted by molar-refractivity contribution is -0.125. The van der Waals surface area contributed by atoms with Crippen LogP contribution in [0.2, 0.25) is 5.02 Å². The molecule has 2 fully saturated rings. The van der Waals surface area contributed by atoms with Crippen LogP contribution in [0.1, 0.15) is 24.8 Å². The van der Waals surface area contributed by atoms with Crippen LogP contribution in [0.25, 0.3) is 0 Å². The Bertz CT molecular complexity index is 664. The van der Waals surface area contributed by atoms with Crippen molar-refractivity contribution < 1.29 is 23.7 Å². The number of amides is 1. The lowest BCUT2D eigenvalue weighted by Gasteiger charge is -2.32. The number of nitrogens with one attached hydrogen (secondary N) is 1. The highest BCUT2D eigenvalue weighted by molar-refractivity contribution is 6.31. The number of hydrogen-bond acceptors (Lipinski definition) is 5. The molecule has 1 saturated carbocycles. The molecule has 0 aromatic heterocycles. The standard InChI is InChI=1S/C19H24ClNO5/c20-14-9-18-17(24-5-6-25-18)7-13(14)8-19(22)21-15-11-23-4-3-16(15)26-10-12-1-2-12/h7,9,12,15-16H,1-6,8,10-11H2,(H,21,22)/t15-,16+/m1/s1. The molecular weight excluding hydrogens is 358 g/mol. The second kappa shape index (κ2) is 8.03. The van der Waals surface area contributed by atoms with Crippen LogP contribution in [0.3, 0.4) is 0 Å². The van der Waals surface area contributed by atoms with Gasteiger partial charge in [0.25, 0.3) is 0 Å². The molecule has 1 saturated heterocycles. The second-order valence-electron chi connectivity index (χ2n) is 7.12. The summed E-state index contributed by atoms with van der Waals surface area (Å²) in [7, 11) is 0. The smallest absolute Gasteiger partial charge is 0.224 e. The molecule has 7 heteroatoms. The molecule has 0 bridgehead atoms. The fraction of sp³-hybridized carbons (Fsp3) is 0.632. The number of carbonyl (C=O) groups is 1. The number of hydrogen-bond donors (Lipinski definition) is 1. The largest absolute Gasteiger partial charge is 0.486 e. The third-order valence-electron chi connectivity index (χ3n) is 4.94. The summed E-state index contributed by atoms with van der Waals surface area (Å²) in [4.78, 5) is 12.5. The molecule has 0 spiro atoms. The molecule has 1 aromatic carbocycles. The maximum Gasteiger partial charge on any atom is 0.224 e. The van der Waals surface area contributed by atoms with Crippen LogP contribution < -0.4 is 14.8 Å². The van der Waals surface area contributed by atoms with E-state index in [0.717, 1.165) is 18.6 Å². The summed E-state index contributed by atoms with van der Waals surface area (Å²) in [6, 6.07) is 3.38. The van der Waals surface area contributed by atoms with Crippen molar-refractivity contribution in [1.82, 2.24) is 5.32 Å². The molecule has 1 aliphatic carbocycles. The van der Waals surface area contributed by atoms with Gasteiger partial charge in [0, 0.05) is 24.3 Å². The Kier molecular flexibility index (Phi) is 5.52.